The molecule has 0 bridgehead atoms. The fraction of sp³-hybridized carbons (Fsp3) is 0.750. The molecule has 0 rings (SSSR count). The second kappa shape index (κ2) is 25.8. The first kappa shape index (κ1) is 29.8. The van der Waals surface area contributed by atoms with Crippen molar-refractivity contribution in [2.75, 3.05) is 39.6 Å². The van der Waals surface area contributed by atoms with Gasteiger partial charge >= 0.3 is 5.97 Å². The molecule has 0 spiro atoms. The molecule has 0 unspecified atom stereocenters. The Bertz CT molecular complexity index is 201. The number of carboxylic acid groups (broad SMARTS) is 1. The van der Waals surface area contributed by atoms with Crippen LogP contribution in [0, 0.1) is 0 Å². The maximum absolute atomic E-state index is 9.25. The van der Waals surface area contributed by atoms with Crippen LogP contribution >= 0.6 is 0 Å². The number of hydrogen-bond donors (Lipinski definition) is 10. The molecule has 0 aromatic carbocycles. The normalized spacial score (nSPS) is 9.22. The second-order valence-corrected chi connectivity index (χ2v) is 3.60. The van der Waals surface area contributed by atoms with E-state index >= 15 is 0 Å². The van der Waals surface area contributed by atoms with E-state index < -0.39 is 24.3 Å². The zero-order valence-electron chi connectivity index (χ0n) is 12.6. The van der Waals surface area contributed by atoms with E-state index in [1.807, 2.05) is 0 Å². The van der Waals surface area contributed by atoms with Crippen LogP contribution < -0.4 is 0 Å². The molecule has 0 saturated carbocycles. The minimum Gasteiger partial charge on any atom is -0.478 e. The zero-order valence-corrected chi connectivity index (χ0v) is 12.6. The number of aliphatic carboxylic acids is 1. The van der Waals surface area contributed by atoms with Gasteiger partial charge in [-0.15, -0.1) is 0 Å². The van der Waals surface area contributed by atoms with E-state index in [9.17, 15) is 4.79 Å². The summed E-state index contributed by atoms with van der Waals surface area (Å²) in [5.74, 6) is -0.981. The highest BCUT2D eigenvalue weighted by Crippen LogP contribution is 1.72. The summed E-state index contributed by atoms with van der Waals surface area (Å²) in [6, 6.07) is 0. The van der Waals surface area contributed by atoms with Gasteiger partial charge in [0.1, 0.15) is 18.3 Å². The van der Waals surface area contributed by atoms with Gasteiger partial charge in [-0.3, -0.25) is 0 Å². The van der Waals surface area contributed by atoms with E-state index in [-0.39, 0.29) is 39.6 Å². The monoisotopic (exact) mass is 348 g/mol. The van der Waals surface area contributed by atoms with Gasteiger partial charge in [-0.1, -0.05) is 6.58 Å². The first-order chi connectivity index (χ1) is 10.7. The van der Waals surface area contributed by atoms with Gasteiger partial charge in [0.15, 0.2) is 0 Å². The average molecular weight is 348 g/mol. The summed E-state index contributed by atoms with van der Waals surface area (Å²) in [6.45, 7) is 0.773. The maximum Gasteiger partial charge on any atom is 0.327 e. The number of rotatable bonds is 7. The first-order valence-corrected chi connectivity index (χ1v) is 6.25. The van der Waals surface area contributed by atoms with E-state index in [1.54, 1.807) is 0 Å². The summed E-state index contributed by atoms with van der Waals surface area (Å²) in [4.78, 5) is 9.25. The number of hydrogen-bond acceptors (Lipinski definition) is 10. The van der Waals surface area contributed by atoms with Crippen LogP contribution in [0.25, 0.3) is 0 Å². The van der Waals surface area contributed by atoms with Crippen LogP contribution in [0.2, 0.25) is 0 Å². The molecule has 0 radical (unpaired) electrons. The number of aliphatic hydroxyl groups excluding tert-OH is 9. The van der Waals surface area contributed by atoms with Crippen molar-refractivity contribution < 1.29 is 55.9 Å². The van der Waals surface area contributed by atoms with E-state index in [2.05, 4.69) is 6.58 Å². The van der Waals surface area contributed by atoms with Crippen LogP contribution in [0.15, 0.2) is 12.7 Å². The smallest absolute Gasteiger partial charge is 0.327 e. The predicted molar refractivity (Wildman–Crippen MR) is 78.4 cm³/mol. The van der Waals surface area contributed by atoms with Crippen molar-refractivity contribution in [3.63, 3.8) is 0 Å². The van der Waals surface area contributed by atoms with E-state index in [1.165, 1.54) is 0 Å². The van der Waals surface area contributed by atoms with E-state index in [4.69, 9.17) is 51.1 Å². The van der Waals surface area contributed by atoms with Crippen molar-refractivity contribution in [2.24, 2.45) is 0 Å². The van der Waals surface area contributed by atoms with Gasteiger partial charge in [0.25, 0.3) is 0 Å². The highest BCUT2D eigenvalue weighted by molar-refractivity contribution is 5.78. The Morgan fingerprint density at radius 2 is 0.826 bits per heavy atom. The lowest BCUT2D eigenvalue weighted by Gasteiger charge is -1.96. The van der Waals surface area contributed by atoms with Gasteiger partial charge in [-0.2, -0.15) is 0 Å². The first-order valence-electron chi connectivity index (χ1n) is 6.25. The molecule has 0 fully saturated rings. The molecule has 0 aliphatic heterocycles. The van der Waals surface area contributed by atoms with Crippen LogP contribution in [0.3, 0.4) is 0 Å². The fourth-order valence-electron chi connectivity index (χ4n) is 0.173. The topological polar surface area (TPSA) is 219 Å². The molecule has 11 heteroatoms. The molecule has 23 heavy (non-hydrogen) atoms. The zero-order chi connectivity index (χ0) is 19.3. The summed E-state index contributed by atoms with van der Waals surface area (Å²) >= 11 is 0. The van der Waals surface area contributed by atoms with Crippen molar-refractivity contribution in [1.82, 2.24) is 0 Å². The molecule has 0 aliphatic rings. The molecule has 0 amide bonds. The molecule has 0 heterocycles. The molecular weight excluding hydrogens is 320 g/mol. The molecule has 10 N–H and O–H groups in total. The Morgan fingerprint density at radius 1 is 0.696 bits per heavy atom. The highest BCUT2D eigenvalue weighted by Gasteiger charge is 1.94. The lowest BCUT2D eigenvalue weighted by Crippen LogP contribution is -2.15. The summed E-state index contributed by atoms with van der Waals surface area (Å²) in [7, 11) is 0. The van der Waals surface area contributed by atoms with Crippen molar-refractivity contribution >= 4 is 5.97 Å². The molecule has 142 valence electrons. The van der Waals surface area contributed by atoms with Gasteiger partial charge in [0, 0.05) is 6.08 Å². The molecule has 11 nitrogen and oxygen atoms in total. The lowest BCUT2D eigenvalue weighted by atomic mass is 10.4. The molecule has 0 saturated heterocycles. The van der Waals surface area contributed by atoms with Gasteiger partial charge in [0.05, 0.1) is 39.6 Å². The van der Waals surface area contributed by atoms with Crippen LogP contribution in [0.5, 0.6) is 0 Å². The minimum atomic E-state index is -0.981. The summed E-state index contributed by atoms with van der Waals surface area (Å²) in [5, 5.41) is 79.7. The van der Waals surface area contributed by atoms with Crippen molar-refractivity contribution in [3.8, 4) is 0 Å². The van der Waals surface area contributed by atoms with Crippen LogP contribution in [0.1, 0.15) is 0 Å². The third kappa shape index (κ3) is 44.9. The molecule has 0 aromatic rings. The fourth-order valence-corrected chi connectivity index (χ4v) is 0.173. The standard InChI is InChI=1S/3C3H8O3.C3H4O2/c3*4-1-3(6)2-5;1-2-3(4)5/h3*3-6H,1-2H2;2H,1H2,(H,4,5). The number of aliphatic hydroxyl groups is 9. The van der Waals surface area contributed by atoms with Gasteiger partial charge < -0.3 is 51.1 Å². The van der Waals surface area contributed by atoms with Crippen molar-refractivity contribution in [1.29, 1.82) is 0 Å². The third-order valence-electron chi connectivity index (χ3n) is 1.44. The predicted octanol–water partition coefficient (Wildman–Crippen LogP) is -4.75. The molecule has 0 atom stereocenters. The Kier molecular flexibility index (Phi) is 33.4. The van der Waals surface area contributed by atoms with E-state index in [0.717, 1.165) is 6.08 Å². The highest BCUT2D eigenvalue weighted by atomic mass is 16.4. The lowest BCUT2D eigenvalue weighted by molar-refractivity contribution is -0.131. The molecule has 0 aliphatic carbocycles. The molecular formula is C12H28O11. The van der Waals surface area contributed by atoms with Crippen LogP contribution in [0.4, 0.5) is 0 Å². The second-order valence-electron chi connectivity index (χ2n) is 3.60. The third-order valence-corrected chi connectivity index (χ3v) is 1.44. The Hall–Kier alpha value is -1.15. The largest absolute Gasteiger partial charge is 0.478 e. The van der Waals surface area contributed by atoms with Crippen molar-refractivity contribution in [3.05, 3.63) is 12.7 Å². The summed E-state index contributed by atoms with van der Waals surface area (Å²) in [5.41, 5.74) is 0. The van der Waals surface area contributed by atoms with Crippen LogP contribution in [-0.4, -0.2) is 115 Å². The Labute approximate surface area is 133 Å². The summed E-state index contributed by atoms with van der Waals surface area (Å²) < 4.78 is 0. The Balaban J connectivity index is -0.000000105. The van der Waals surface area contributed by atoms with Crippen LogP contribution in [-0.2, 0) is 4.79 Å². The number of carboxylic acids is 1. The quantitative estimate of drug-likeness (QED) is 0.197. The minimum absolute atomic E-state index is 0.365. The SMILES string of the molecule is C=CC(=O)O.OCC(O)CO.OCC(O)CO.OCC(O)CO. The van der Waals surface area contributed by atoms with Gasteiger partial charge in [-0.05, 0) is 0 Å². The van der Waals surface area contributed by atoms with Gasteiger partial charge in [0.2, 0.25) is 0 Å². The van der Waals surface area contributed by atoms with E-state index in [0.29, 0.717) is 0 Å². The summed E-state index contributed by atoms with van der Waals surface area (Å²) in [6.07, 6.45) is -2.03. The Morgan fingerprint density at radius 3 is 0.826 bits per heavy atom. The van der Waals surface area contributed by atoms with Crippen molar-refractivity contribution in [2.45, 2.75) is 18.3 Å². The average Bonchev–Trinajstić information content (AvgIpc) is 2.60. The number of carbonyl (C=O) groups is 1. The van der Waals surface area contributed by atoms with Gasteiger partial charge in [-0.25, -0.2) is 4.79 Å². The maximum atomic E-state index is 9.25. The molecule has 0 aromatic heterocycles.